The fourth-order valence-corrected chi connectivity index (χ4v) is 4.04. The number of hydrogen-bond acceptors (Lipinski definition) is 4. The first-order valence-corrected chi connectivity index (χ1v) is 10.1. The van der Waals surface area contributed by atoms with E-state index in [4.69, 9.17) is 0 Å². The molecule has 2 aromatic rings. The van der Waals surface area contributed by atoms with E-state index < -0.39 is 10.0 Å². The van der Waals surface area contributed by atoms with Gasteiger partial charge < -0.3 is 4.90 Å². The number of carbonyl (C=O) groups is 2. The molecule has 0 atom stereocenters. The molecule has 0 spiro atoms. The van der Waals surface area contributed by atoms with Crippen LogP contribution in [0.15, 0.2) is 47.4 Å². The molecule has 0 radical (unpaired) electrons. The van der Waals surface area contributed by atoms with Crippen LogP contribution >= 0.6 is 0 Å². The minimum Gasteiger partial charge on any atom is -0.308 e. The van der Waals surface area contributed by atoms with Gasteiger partial charge in [-0.2, -0.15) is 0 Å². The van der Waals surface area contributed by atoms with Crippen molar-refractivity contribution in [3.8, 4) is 0 Å². The first-order valence-electron chi connectivity index (χ1n) is 8.70. The highest BCUT2D eigenvalue weighted by Crippen LogP contribution is 2.30. The van der Waals surface area contributed by atoms with E-state index >= 15 is 0 Å². The van der Waals surface area contributed by atoms with Gasteiger partial charge >= 0.3 is 0 Å². The van der Waals surface area contributed by atoms with E-state index in [1.807, 2.05) is 6.07 Å². The van der Waals surface area contributed by atoms with Crippen molar-refractivity contribution in [2.24, 2.45) is 0 Å². The third-order valence-corrected chi connectivity index (χ3v) is 6.56. The summed E-state index contributed by atoms with van der Waals surface area (Å²) in [6.45, 7) is 2.06. The van der Waals surface area contributed by atoms with Crippen LogP contribution in [0.5, 0.6) is 0 Å². The lowest BCUT2D eigenvalue weighted by Gasteiger charge is -2.30. The number of hydrogen-bond donors (Lipinski definition) is 0. The second kappa shape index (κ2) is 7.25. The van der Waals surface area contributed by atoms with Crippen molar-refractivity contribution in [2.75, 3.05) is 25.5 Å². The van der Waals surface area contributed by atoms with Crippen LogP contribution in [0.3, 0.4) is 0 Å². The molecule has 0 bridgehead atoms. The summed E-state index contributed by atoms with van der Waals surface area (Å²) < 4.78 is 25.5. The maximum absolute atomic E-state index is 13.0. The van der Waals surface area contributed by atoms with Crippen molar-refractivity contribution < 1.29 is 18.0 Å². The number of aryl methyl sites for hydroxylation is 1. The summed E-state index contributed by atoms with van der Waals surface area (Å²) in [5.41, 5.74) is 2.77. The zero-order chi connectivity index (χ0) is 19.8. The van der Waals surface area contributed by atoms with Crippen LogP contribution in [0.2, 0.25) is 0 Å². The van der Waals surface area contributed by atoms with Gasteiger partial charge in [0.1, 0.15) is 0 Å². The zero-order valence-electron chi connectivity index (χ0n) is 15.6. The summed E-state index contributed by atoms with van der Waals surface area (Å²) in [5.74, 6) is -0.250. The van der Waals surface area contributed by atoms with Crippen LogP contribution in [0.1, 0.15) is 39.6 Å². The number of nitrogens with zero attached hydrogens (tertiary/aromatic N) is 2. The van der Waals surface area contributed by atoms with E-state index in [0.29, 0.717) is 17.7 Å². The largest absolute Gasteiger partial charge is 0.308 e. The monoisotopic (exact) mass is 386 g/mol. The average Bonchev–Trinajstić information content (AvgIpc) is 2.66. The van der Waals surface area contributed by atoms with Crippen LogP contribution < -0.4 is 4.90 Å². The van der Waals surface area contributed by atoms with E-state index in [9.17, 15) is 18.0 Å². The van der Waals surface area contributed by atoms with Crippen LogP contribution in [0.4, 0.5) is 5.69 Å². The number of Topliss-reactive ketones (excluding diaryl/α,β-unsaturated/α-hetero) is 1. The van der Waals surface area contributed by atoms with Crippen LogP contribution in [0.25, 0.3) is 0 Å². The topological polar surface area (TPSA) is 74.8 Å². The third-order valence-electron chi connectivity index (χ3n) is 4.74. The number of benzene rings is 2. The van der Waals surface area contributed by atoms with Gasteiger partial charge in [-0.3, -0.25) is 9.59 Å². The number of sulfonamides is 1. The van der Waals surface area contributed by atoms with Crippen molar-refractivity contribution in [3.63, 3.8) is 0 Å². The zero-order valence-corrected chi connectivity index (χ0v) is 16.4. The first-order chi connectivity index (χ1) is 12.7. The Balaban J connectivity index is 1.94. The van der Waals surface area contributed by atoms with E-state index in [-0.39, 0.29) is 16.6 Å². The summed E-state index contributed by atoms with van der Waals surface area (Å²) in [7, 11) is -0.609. The fourth-order valence-electron chi connectivity index (χ4n) is 3.14. The van der Waals surface area contributed by atoms with Crippen LogP contribution in [0, 0.1) is 0 Å². The molecule has 1 amide bonds. The molecule has 1 aliphatic heterocycles. The van der Waals surface area contributed by atoms with Gasteiger partial charge in [0.05, 0.1) is 4.90 Å². The second-order valence-corrected chi connectivity index (χ2v) is 8.92. The number of anilines is 1. The SMILES string of the molecule is CC(=O)c1ccc2c(c1)N(C(=O)c1ccc(S(=O)(=O)N(C)C)cc1)CCC2. The van der Waals surface area contributed by atoms with E-state index in [1.54, 1.807) is 17.0 Å². The molecule has 0 saturated carbocycles. The molecular weight excluding hydrogens is 364 g/mol. The maximum atomic E-state index is 13.0. The van der Waals surface area contributed by atoms with E-state index in [0.717, 1.165) is 28.4 Å². The van der Waals surface area contributed by atoms with Crippen molar-refractivity contribution in [1.82, 2.24) is 4.31 Å². The Morgan fingerprint density at radius 1 is 1.00 bits per heavy atom. The van der Waals surface area contributed by atoms with Gasteiger partial charge in [0.25, 0.3) is 5.91 Å². The Labute approximate surface area is 159 Å². The highest BCUT2D eigenvalue weighted by molar-refractivity contribution is 7.89. The average molecular weight is 386 g/mol. The predicted octanol–water partition coefficient (Wildman–Crippen LogP) is 2.73. The van der Waals surface area contributed by atoms with Gasteiger partial charge in [-0.05, 0) is 55.7 Å². The predicted molar refractivity (Wildman–Crippen MR) is 104 cm³/mol. The summed E-state index contributed by atoms with van der Waals surface area (Å²) >= 11 is 0. The Bertz CT molecular complexity index is 995. The Morgan fingerprint density at radius 3 is 2.22 bits per heavy atom. The normalized spacial score (nSPS) is 14.1. The van der Waals surface area contributed by atoms with Crippen molar-refractivity contribution in [1.29, 1.82) is 0 Å². The number of fused-ring (bicyclic) bond motifs is 1. The van der Waals surface area contributed by atoms with Gasteiger partial charge in [0, 0.05) is 37.5 Å². The number of rotatable bonds is 4. The number of amides is 1. The standard InChI is InChI=1S/C20H22N2O4S/c1-14(23)17-7-6-15-5-4-12-22(19(15)13-17)20(24)16-8-10-18(11-9-16)27(25,26)21(2)3/h6-11,13H,4-5,12H2,1-3H3. The minimum absolute atomic E-state index is 0.0472. The first kappa shape index (κ1) is 19.3. The summed E-state index contributed by atoms with van der Waals surface area (Å²) in [5, 5.41) is 0. The molecule has 1 heterocycles. The van der Waals surface area contributed by atoms with E-state index in [1.165, 1.54) is 45.3 Å². The Kier molecular flexibility index (Phi) is 5.17. The molecule has 6 nitrogen and oxygen atoms in total. The lowest BCUT2D eigenvalue weighted by Crippen LogP contribution is -2.35. The third kappa shape index (κ3) is 3.65. The molecule has 0 unspecified atom stereocenters. The molecule has 2 aromatic carbocycles. The summed E-state index contributed by atoms with van der Waals surface area (Å²) in [4.78, 5) is 26.5. The fraction of sp³-hybridized carbons (Fsp3) is 0.300. The van der Waals surface area contributed by atoms with Gasteiger partial charge in [-0.15, -0.1) is 0 Å². The van der Waals surface area contributed by atoms with Crippen molar-refractivity contribution in [2.45, 2.75) is 24.7 Å². The molecule has 0 fully saturated rings. The second-order valence-electron chi connectivity index (χ2n) is 6.77. The summed E-state index contributed by atoms with van der Waals surface area (Å²) in [6.07, 6.45) is 1.70. The van der Waals surface area contributed by atoms with Gasteiger partial charge in [0.15, 0.2) is 5.78 Å². The maximum Gasteiger partial charge on any atom is 0.258 e. The van der Waals surface area contributed by atoms with Gasteiger partial charge in [0.2, 0.25) is 10.0 Å². The molecule has 27 heavy (non-hydrogen) atoms. The van der Waals surface area contributed by atoms with Crippen LogP contribution in [-0.4, -0.2) is 45.1 Å². The molecule has 0 aliphatic carbocycles. The van der Waals surface area contributed by atoms with Crippen molar-refractivity contribution >= 4 is 27.4 Å². The highest BCUT2D eigenvalue weighted by atomic mass is 32.2. The van der Waals surface area contributed by atoms with Gasteiger partial charge in [-0.1, -0.05) is 12.1 Å². The molecule has 0 aromatic heterocycles. The molecule has 0 saturated heterocycles. The number of carbonyl (C=O) groups excluding carboxylic acids is 2. The molecule has 142 valence electrons. The molecule has 1 aliphatic rings. The number of ketones is 1. The molecular formula is C20H22N2O4S. The lowest BCUT2D eigenvalue weighted by molar-refractivity contribution is 0.0981. The van der Waals surface area contributed by atoms with Crippen molar-refractivity contribution in [3.05, 3.63) is 59.2 Å². The van der Waals surface area contributed by atoms with Gasteiger partial charge in [-0.25, -0.2) is 12.7 Å². The molecule has 0 N–H and O–H groups in total. The quantitative estimate of drug-likeness (QED) is 0.757. The lowest BCUT2D eigenvalue weighted by atomic mass is 9.97. The summed E-state index contributed by atoms with van der Waals surface area (Å²) in [6, 6.07) is 11.4. The Hall–Kier alpha value is -2.51. The minimum atomic E-state index is -3.54. The highest BCUT2D eigenvalue weighted by Gasteiger charge is 2.25. The Morgan fingerprint density at radius 2 is 1.63 bits per heavy atom. The smallest absolute Gasteiger partial charge is 0.258 e. The molecule has 7 heteroatoms. The van der Waals surface area contributed by atoms with Crippen LogP contribution in [-0.2, 0) is 16.4 Å². The van der Waals surface area contributed by atoms with E-state index in [2.05, 4.69) is 0 Å². The molecule has 3 rings (SSSR count).